The Kier molecular flexibility index (Phi) is 7.57. The second kappa shape index (κ2) is 10.5. The first-order valence-electron chi connectivity index (χ1n) is 10.9. The van der Waals surface area contributed by atoms with Gasteiger partial charge in [0.25, 0.3) is 0 Å². The zero-order valence-electron chi connectivity index (χ0n) is 18.6. The number of rotatable bonds is 5. The van der Waals surface area contributed by atoms with E-state index in [1.165, 1.54) is 27.9 Å². The maximum Gasteiger partial charge on any atom is 0.0382 e. The van der Waals surface area contributed by atoms with Gasteiger partial charge in [-0.15, -0.1) is 12.3 Å². The third kappa shape index (κ3) is 5.58. The van der Waals surface area contributed by atoms with E-state index in [1.807, 2.05) is 37.4 Å². The molecule has 0 saturated heterocycles. The Morgan fingerprint density at radius 1 is 1.00 bits per heavy atom. The molecule has 158 valence electrons. The molecule has 0 saturated carbocycles. The van der Waals surface area contributed by atoms with Gasteiger partial charge in [-0.2, -0.15) is 0 Å². The van der Waals surface area contributed by atoms with Crippen LogP contribution in [0.2, 0.25) is 0 Å². The Labute approximate surface area is 187 Å². The summed E-state index contributed by atoms with van der Waals surface area (Å²) in [5.74, 6) is 2.93. The van der Waals surface area contributed by atoms with E-state index in [4.69, 9.17) is 12.2 Å². The minimum atomic E-state index is -0.0958. The van der Waals surface area contributed by atoms with Crippen LogP contribution in [0.3, 0.4) is 0 Å². The summed E-state index contributed by atoms with van der Waals surface area (Å²) in [6.07, 6.45) is 14.2. The zero-order chi connectivity index (χ0) is 22.1. The largest absolute Gasteiger partial charge is 0.399 e. The van der Waals surface area contributed by atoms with Gasteiger partial charge in [0.05, 0.1) is 0 Å². The van der Waals surface area contributed by atoms with Crippen molar-refractivity contribution in [1.29, 1.82) is 0 Å². The molecular weight excluding hydrogens is 376 g/mol. The molecule has 4 rings (SSSR count). The van der Waals surface area contributed by atoms with E-state index in [1.54, 1.807) is 0 Å². The molecule has 2 nitrogen and oxygen atoms in total. The third-order valence-corrected chi connectivity index (χ3v) is 5.80. The molecule has 1 unspecified atom stereocenters. The first-order valence-corrected chi connectivity index (χ1v) is 10.9. The smallest absolute Gasteiger partial charge is 0.0382 e. The van der Waals surface area contributed by atoms with Crippen LogP contribution < -0.4 is 11.1 Å². The van der Waals surface area contributed by atoms with Crippen LogP contribution in [0.1, 0.15) is 42.0 Å². The summed E-state index contributed by atoms with van der Waals surface area (Å²) in [6, 6.07) is 24.6. The highest BCUT2D eigenvalue weighted by molar-refractivity contribution is 5.71. The second-order valence-electron chi connectivity index (χ2n) is 8.27. The third-order valence-electron chi connectivity index (χ3n) is 5.80. The van der Waals surface area contributed by atoms with Crippen LogP contribution in [0.4, 0.5) is 11.4 Å². The summed E-state index contributed by atoms with van der Waals surface area (Å²) < 4.78 is 0. The van der Waals surface area contributed by atoms with Gasteiger partial charge in [0, 0.05) is 30.3 Å². The number of allylic oxidation sites excluding steroid dienone is 1. The molecule has 31 heavy (non-hydrogen) atoms. The summed E-state index contributed by atoms with van der Waals surface area (Å²) in [6.45, 7) is 2.30. The predicted molar refractivity (Wildman–Crippen MR) is 135 cm³/mol. The van der Waals surface area contributed by atoms with Gasteiger partial charge in [-0.05, 0) is 59.7 Å². The number of nitrogen functional groups attached to an aromatic ring is 1. The Bertz CT molecular complexity index is 1050. The molecule has 1 atom stereocenters. The van der Waals surface area contributed by atoms with Crippen LogP contribution in [0, 0.1) is 12.3 Å². The summed E-state index contributed by atoms with van der Waals surface area (Å²) in [4.78, 5) is 0. The van der Waals surface area contributed by atoms with Crippen LogP contribution in [0.25, 0.3) is 6.08 Å². The van der Waals surface area contributed by atoms with Gasteiger partial charge in [-0.25, -0.2) is 0 Å². The number of anilines is 2. The number of nitrogens with two attached hydrogens (primary N) is 1. The molecular formula is C29H32N2. The first-order chi connectivity index (χ1) is 15.1. The lowest BCUT2D eigenvalue weighted by molar-refractivity contribution is 0.482. The SMILES string of the molecule is C#CCC(C)(Cc1ccccc1)c1c(NC)ccc2c1C=CCC2.Nc1ccccc1. The number of aryl methyl sites for hydroxylation is 1. The molecule has 3 aromatic rings. The molecule has 0 radical (unpaired) electrons. The number of hydrogen-bond donors (Lipinski definition) is 2. The standard InChI is InChI=1S/C23H25N.C6H7N/c1-4-16-23(2,17-18-10-6-5-7-11-18)22-20-13-9-8-12-19(20)14-15-21(22)24-3;7-6-4-2-1-3-5-6/h1,5-7,9-11,13-15,24H,8,12,16-17H2,2-3H3;1-5H,7H2. The topological polar surface area (TPSA) is 38.0 Å². The van der Waals surface area contributed by atoms with Crippen LogP contribution in [-0.4, -0.2) is 7.05 Å². The first kappa shape index (κ1) is 22.2. The van der Waals surface area contributed by atoms with Gasteiger partial charge in [-0.3, -0.25) is 0 Å². The van der Waals surface area contributed by atoms with E-state index >= 15 is 0 Å². The van der Waals surface area contributed by atoms with Crippen molar-refractivity contribution >= 4 is 17.5 Å². The lowest BCUT2D eigenvalue weighted by Crippen LogP contribution is -2.28. The van der Waals surface area contributed by atoms with Crippen LogP contribution in [-0.2, 0) is 18.3 Å². The average Bonchev–Trinajstić information content (AvgIpc) is 2.80. The van der Waals surface area contributed by atoms with E-state index in [9.17, 15) is 0 Å². The normalized spacial score (nSPS) is 13.7. The number of hydrogen-bond acceptors (Lipinski definition) is 2. The van der Waals surface area contributed by atoms with E-state index in [2.05, 4.69) is 72.8 Å². The number of terminal acetylenes is 1. The Morgan fingerprint density at radius 3 is 2.26 bits per heavy atom. The molecule has 0 heterocycles. The molecule has 0 aromatic heterocycles. The highest BCUT2D eigenvalue weighted by atomic mass is 14.8. The fraction of sp³-hybridized carbons (Fsp3) is 0.241. The molecule has 3 aromatic carbocycles. The average molecular weight is 409 g/mol. The number of para-hydroxylation sites is 1. The lowest BCUT2D eigenvalue weighted by atomic mass is 9.71. The van der Waals surface area contributed by atoms with Gasteiger partial charge in [-0.1, -0.05) is 73.7 Å². The predicted octanol–water partition coefficient (Wildman–Crippen LogP) is 6.48. The minimum Gasteiger partial charge on any atom is -0.399 e. The number of nitrogens with one attached hydrogen (secondary N) is 1. The molecule has 0 fully saturated rings. The van der Waals surface area contributed by atoms with Crippen molar-refractivity contribution in [2.75, 3.05) is 18.1 Å². The van der Waals surface area contributed by atoms with Gasteiger partial charge in [0.1, 0.15) is 0 Å². The molecule has 1 aliphatic rings. The van der Waals surface area contributed by atoms with Crippen LogP contribution in [0.15, 0.2) is 78.9 Å². The Hall–Kier alpha value is -3.44. The molecule has 0 aliphatic heterocycles. The Balaban J connectivity index is 0.000000330. The molecule has 0 spiro atoms. The molecule has 0 bridgehead atoms. The zero-order valence-corrected chi connectivity index (χ0v) is 18.6. The maximum atomic E-state index is 5.78. The molecule has 2 heteroatoms. The number of benzene rings is 3. The molecule has 1 aliphatic carbocycles. The summed E-state index contributed by atoms with van der Waals surface area (Å²) in [7, 11) is 2.00. The van der Waals surface area contributed by atoms with Crippen molar-refractivity contribution in [2.45, 2.75) is 38.0 Å². The molecule has 3 N–H and O–H groups in total. The van der Waals surface area contributed by atoms with Gasteiger partial charge < -0.3 is 11.1 Å². The Morgan fingerprint density at radius 2 is 1.68 bits per heavy atom. The van der Waals surface area contributed by atoms with Gasteiger partial charge in [0.2, 0.25) is 0 Å². The molecule has 0 amide bonds. The van der Waals surface area contributed by atoms with Gasteiger partial charge in [0.15, 0.2) is 0 Å². The quantitative estimate of drug-likeness (QED) is 0.374. The van der Waals surface area contributed by atoms with E-state index in [-0.39, 0.29) is 5.41 Å². The van der Waals surface area contributed by atoms with Crippen molar-refractivity contribution in [3.05, 3.63) is 101 Å². The van der Waals surface area contributed by atoms with Crippen molar-refractivity contribution in [3.8, 4) is 12.3 Å². The monoisotopic (exact) mass is 408 g/mol. The van der Waals surface area contributed by atoms with Gasteiger partial charge >= 0.3 is 0 Å². The second-order valence-corrected chi connectivity index (χ2v) is 8.27. The summed E-state index contributed by atoms with van der Waals surface area (Å²) in [5.41, 5.74) is 12.8. The minimum absolute atomic E-state index is 0.0958. The van der Waals surface area contributed by atoms with Crippen LogP contribution >= 0.6 is 0 Å². The number of fused-ring (bicyclic) bond motifs is 1. The van der Waals surface area contributed by atoms with Crippen molar-refractivity contribution in [3.63, 3.8) is 0 Å². The summed E-state index contributed by atoms with van der Waals surface area (Å²) in [5, 5.41) is 3.39. The van der Waals surface area contributed by atoms with E-state index in [0.29, 0.717) is 0 Å². The lowest BCUT2D eigenvalue weighted by Gasteiger charge is -2.34. The fourth-order valence-electron chi connectivity index (χ4n) is 4.33. The van der Waals surface area contributed by atoms with Crippen molar-refractivity contribution in [2.24, 2.45) is 0 Å². The van der Waals surface area contributed by atoms with E-state index < -0.39 is 0 Å². The highest BCUT2D eigenvalue weighted by Gasteiger charge is 2.32. The van der Waals surface area contributed by atoms with Crippen molar-refractivity contribution < 1.29 is 0 Å². The maximum absolute atomic E-state index is 5.78. The van der Waals surface area contributed by atoms with Crippen molar-refractivity contribution in [1.82, 2.24) is 0 Å². The van der Waals surface area contributed by atoms with Crippen LogP contribution in [0.5, 0.6) is 0 Å². The fourth-order valence-corrected chi connectivity index (χ4v) is 4.33. The summed E-state index contributed by atoms with van der Waals surface area (Å²) >= 11 is 0. The van der Waals surface area contributed by atoms with E-state index in [0.717, 1.165) is 31.4 Å². The highest BCUT2D eigenvalue weighted by Crippen LogP contribution is 2.41.